The number of carbonyl (C=O) groups is 1. The van der Waals surface area contributed by atoms with Crippen molar-refractivity contribution < 1.29 is 19.4 Å². The zero-order valence-corrected chi connectivity index (χ0v) is 25.1. The molecule has 0 spiro atoms. The Hall–Kier alpha value is -3.75. The highest BCUT2D eigenvalue weighted by atomic mass is 79.9. The molecule has 0 unspecified atom stereocenters. The van der Waals surface area contributed by atoms with Crippen LogP contribution in [0.1, 0.15) is 30.8 Å². The summed E-state index contributed by atoms with van der Waals surface area (Å²) in [6.07, 6.45) is 1.90. The molecule has 1 aliphatic rings. The van der Waals surface area contributed by atoms with Crippen LogP contribution < -0.4 is 4.74 Å². The van der Waals surface area contributed by atoms with Gasteiger partial charge < -0.3 is 19.1 Å². The standard InChI is InChI=1S/C32H29BrN2O4S/c1-5-38-23-13-11-22(12-14-23)34-31-29(32(37)39-6-2)30(36)28(40-31)18-21-17-19(3)35(20(21)4)27-16-15-26(33)24-9-7-8-10-25(24)27/h7-18,36H,5-6H2,1-4H3/b28-18-,34-31?. The maximum Gasteiger partial charge on any atom is 0.344 e. The number of aliphatic hydroxyl groups is 1. The smallest absolute Gasteiger partial charge is 0.344 e. The number of halogens is 1. The molecule has 0 amide bonds. The van der Waals surface area contributed by atoms with Crippen LogP contribution in [0.5, 0.6) is 5.75 Å². The average Bonchev–Trinajstić information content (AvgIpc) is 3.40. The van der Waals surface area contributed by atoms with Crippen LogP contribution in [-0.2, 0) is 9.53 Å². The van der Waals surface area contributed by atoms with Crippen molar-refractivity contribution in [2.24, 2.45) is 4.99 Å². The third-order valence-electron chi connectivity index (χ3n) is 6.59. The number of fused-ring (bicyclic) bond motifs is 1. The summed E-state index contributed by atoms with van der Waals surface area (Å²) in [5.41, 5.74) is 4.78. The Morgan fingerprint density at radius 1 is 1.02 bits per heavy atom. The second-order valence-electron chi connectivity index (χ2n) is 9.17. The number of carbonyl (C=O) groups excluding carboxylic acids is 1. The first-order valence-electron chi connectivity index (χ1n) is 13.0. The van der Waals surface area contributed by atoms with Gasteiger partial charge in [0.2, 0.25) is 0 Å². The van der Waals surface area contributed by atoms with Crippen molar-refractivity contribution in [3.05, 3.63) is 104 Å². The highest BCUT2D eigenvalue weighted by molar-refractivity contribution is 9.10. The number of nitrogens with zero attached hydrogens (tertiary/aromatic N) is 2. The van der Waals surface area contributed by atoms with Crippen LogP contribution in [0, 0.1) is 13.8 Å². The molecule has 204 valence electrons. The number of hydrogen-bond donors (Lipinski definition) is 1. The fourth-order valence-corrected chi connectivity index (χ4v) is 6.28. The van der Waals surface area contributed by atoms with E-state index < -0.39 is 5.97 Å². The summed E-state index contributed by atoms with van der Waals surface area (Å²) < 4.78 is 14.0. The van der Waals surface area contributed by atoms with Gasteiger partial charge in [-0.1, -0.05) is 52.0 Å². The molecule has 1 N–H and O–H groups in total. The summed E-state index contributed by atoms with van der Waals surface area (Å²) in [6, 6.07) is 21.8. The van der Waals surface area contributed by atoms with E-state index in [2.05, 4.69) is 69.7 Å². The number of esters is 1. The van der Waals surface area contributed by atoms with Crippen molar-refractivity contribution in [2.75, 3.05) is 13.2 Å². The lowest BCUT2D eigenvalue weighted by Gasteiger charge is -2.14. The predicted molar refractivity (Wildman–Crippen MR) is 167 cm³/mol. The molecular weight excluding hydrogens is 588 g/mol. The average molecular weight is 618 g/mol. The van der Waals surface area contributed by atoms with Crippen molar-refractivity contribution in [1.29, 1.82) is 0 Å². The van der Waals surface area contributed by atoms with E-state index in [1.165, 1.54) is 11.8 Å². The van der Waals surface area contributed by atoms with Crippen molar-refractivity contribution in [1.82, 2.24) is 4.57 Å². The molecule has 1 aromatic heterocycles. The van der Waals surface area contributed by atoms with Crippen LogP contribution in [0.3, 0.4) is 0 Å². The molecule has 0 aliphatic carbocycles. The second-order valence-corrected chi connectivity index (χ2v) is 11.1. The van der Waals surface area contributed by atoms with Gasteiger partial charge in [0.05, 0.1) is 29.5 Å². The highest BCUT2D eigenvalue weighted by Crippen LogP contribution is 2.41. The monoisotopic (exact) mass is 616 g/mol. The topological polar surface area (TPSA) is 73.0 Å². The molecule has 2 heterocycles. The molecule has 6 nitrogen and oxygen atoms in total. The van der Waals surface area contributed by atoms with E-state index in [4.69, 9.17) is 9.47 Å². The van der Waals surface area contributed by atoms with E-state index in [0.717, 1.165) is 43.6 Å². The SMILES string of the molecule is CCOC(=O)C1=C(O)/C(=C/c2cc(C)n(-c3ccc(Br)c4ccccc34)c2C)SC1=Nc1ccc(OCC)cc1. The first-order chi connectivity index (χ1) is 19.3. The van der Waals surface area contributed by atoms with Gasteiger partial charge >= 0.3 is 5.97 Å². The van der Waals surface area contributed by atoms with Gasteiger partial charge in [-0.3, -0.25) is 0 Å². The Labute approximate surface area is 246 Å². The lowest BCUT2D eigenvalue weighted by Crippen LogP contribution is -2.12. The Morgan fingerprint density at radius 2 is 1.75 bits per heavy atom. The van der Waals surface area contributed by atoms with Crippen LogP contribution in [0.2, 0.25) is 0 Å². The zero-order valence-electron chi connectivity index (χ0n) is 22.7. The molecule has 0 radical (unpaired) electrons. The van der Waals surface area contributed by atoms with Crippen LogP contribution in [-0.4, -0.2) is 33.9 Å². The Balaban J connectivity index is 1.56. The van der Waals surface area contributed by atoms with Gasteiger partial charge in [-0.2, -0.15) is 0 Å². The first kappa shape index (κ1) is 27.8. The molecule has 5 rings (SSSR count). The molecule has 4 aromatic rings. The van der Waals surface area contributed by atoms with Crippen LogP contribution >= 0.6 is 27.7 Å². The van der Waals surface area contributed by atoms with Gasteiger partial charge in [0, 0.05) is 21.2 Å². The fourth-order valence-electron chi connectivity index (χ4n) is 4.78. The Bertz CT molecular complexity index is 1700. The maximum absolute atomic E-state index is 12.9. The minimum Gasteiger partial charge on any atom is -0.506 e. The Kier molecular flexibility index (Phi) is 8.19. The lowest BCUT2D eigenvalue weighted by atomic mass is 10.1. The largest absolute Gasteiger partial charge is 0.506 e. The number of thioether (sulfide) groups is 1. The lowest BCUT2D eigenvalue weighted by molar-refractivity contribution is -0.138. The van der Waals surface area contributed by atoms with Gasteiger partial charge in [-0.05, 0) is 87.2 Å². The number of aliphatic imine (C=N–C) groups is 1. The highest BCUT2D eigenvalue weighted by Gasteiger charge is 2.33. The van der Waals surface area contributed by atoms with Crippen LogP contribution in [0.15, 0.2) is 92.4 Å². The molecular formula is C32H29BrN2O4S. The van der Waals surface area contributed by atoms with Crippen molar-refractivity contribution in [3.8, 4) is 11.4 Å². The molecule has 0 atom stereocenters. The molecule has 1 aliphatic heterocycles. The van der Waals surface area contributed by atoms with Gasteiger partial charge in [-0.15, -0.1) is 0 Å². The molecule has 8 heteroatoms. The second kappa shape index (κ2) is 11.8. The van der Waals surface area contributed by atoms with Crippen molar-refractivity contribution in [3.63, 3.8) is 0 Å². The fraction of sp³-hybridized carbons (Fsp3) is 0.188. The normalized spacial score (nSPS) is 15.4. The number of ether oxygens (including phenoxy) is 2. The minimum atomic E-state index is -0.604. The van der Waals surface area contributed by atoms with E-state index in [1.54, 1.807) is 6.92 Å². The minimum absolute atomic E-state index is 0.0692. The summed E-state index contributed by atoms with van der Waals surface area (Å²) in [5, 5.41) is 13.9. The van der Waals surface area contributed by atoms with Crippen LogP contribution in [0.25, 0.3) is 22.5 Å². The molecule has 3 aromatic carbocycles. The number of benzene rings is 3. The molecule has 40 heavy (non-hydrogen) atoms. The number of aliphatic hydroxyl groups excluding tert-OH is 1. The van der Waals surface area contributed by atoms with Gasteiger partial charge in [0.25, 0.3) is 0 Å². The maximum atomic E-state index is 12.9. The molecule has 0 saturated heterocycles. The quantitative estimate of drug-likeness (QED) is 0.210. The van der Waals surface area contributed by atoms with E-state index in [9.17, 15) is 9.90 Å². The Morgan fingerprint density at radius 3 is 2.45 bits per heavy atom. The summed E-state index contributed by atoms with van der Waals surface area (Å²) in [6.45, 7) is 8.54. The first-order valence-corrected chi connectivity index (χ1v) is 14.6. The van der Waals surface area contributed by atoms with E-state index >= 15 is 0 Å². The summed E-state index contributed by atoms with van der Waals surface area (Å²) in [5.74, 6) is 0.00319. The van der Waals surface area contributed by atoms with Gasteiger partial charge in [-0.25, -0.2) is 9.79 Å². The van der Waals surface area contributed by atoms with Crippen LogP contribution in [0.4, 0.5) is 5.69 Å². The molecule has 0 fully saturated rings. The van der Waals surface area contributed by atoms with Gasteiger partial charge in [0.1, 0.15) is 22.1 Å². The summed E-state index contributed by atoms with van der Waals surface area (Å²) in [7, 11) is 0. The molecule has 0 saturated carbocycles. The summed E-state index contributed by atoms with van der Waals surface area (Å²) in [4.78, 5) is 18.1. The summed E-state index contributed by atoms with van der Waals surface area (Å²) >= 11 is 4.92. The number of rotatable bonds is 7. The third-order valence-corrected chi connectivity index (χ3v) is 8.31. The third kappa shape index (κ3) is 5.33. The molecule has 0 bridgehead atoms. The number of hydrogen-bond acceptors (Lipinski definition) is 6. The van der Waals surface area contributed by atoms with Crippen molar-refractivity contribution in [2.45, 2.75) is 27.7 Å². The van der Waals surface area contributed by atoms with E-state index in [1.807, 2.05) is 49.4 Å². The van der Waals surface area contributed by atoms with E-state index in [0.29, 0.717) is 22.2 Å². The zero-order chi connectivity index (χ0) is 28.4. The van der Waals surface area contributed by atoms with E-state index in [-0.39, 0.29) is 17.9 Å². The van der Waals surface area contributed by atoms with Gasteiger partial charge in [0.15, 0.2) is 0 Å². The number of aryl methyl sites for hydroxylation is 1. The van der Waals surface area contributed by atoms with Crippen molar-refractivity contribution >= 4 is 61.2 Å². The number of aromatic nitrogens is 1. The predicted octanol–water partition coefficient (Wildman–Crippen LogP) is 8.60.